The van der Waals surface area contributed by atoms with Crippen LogP contribution in [0, 0.1) is 22.7 Å². The summed E-state index contributed by atoms with van der Waals surface area (Å²) in [6.45, 7) is 8.13. The fourth-order valence-corrected chi connectivity index (χ4v) is 5.53. The van der Waals surface area contributed by atoms with Crippen molar-refractivity contribution < 1.29 is 14.3 Å². The van der Waals surface area contributed by atoms with E-state index < -0.39 is 0 Å². The number of carbonyl (C=O) groups is 1. The number of ether oxygens (including phenoxy) is 2. The van der Waals surface area contributed by atoms with Crippen molar-refractivity contribution in [2.24, 2.45) is 22.7 Å². The highest BCUT2D eigenvalue weighted by molar-refractivity contribution is 6.00. The standard InChI is InChI=1S/C23H30O3/c1-15-19-9-10-23(19,3)20-12-22(2,11-18(20)21(15)24)14-26-13-16-5-7-17(25-4)8-6-16/h5-8,15,19H,9-14H2,1-4H3/t15-,19+,22-,23+/m1/s1. The van der Waals surface area contributed by atoms with Gasteiger partial charge in [-0.05, 0) is 65.7 Å². The monoisotopic (exact) mass is 354 g/mol. The Morgan fingerprint density at radius 1 is 1.15 bits per heavy atom. The molecule has 0 N–H and O–H groups in total. The quantitative estimate of drug-likeness (QED) is 0.751. The summed E-state index contributed by atoms with van der Waals surface area (Å²) >= 11 is 0. The van der Waals surface area contributed by atoms with Crippen LogP contribution in [0.15, 0.2) is 35.4 Å². The van der Waals surface area contributed by atoms with Crippen LogP contribution in [0.25, 0.3) is 0 Å². The van der Waals surface area contributed by atoms with Crippen molar-refractivity contribution in [3.05, 3.63) is 41.0 Å². The zero-order valence-electron chi connectivity index (χ0n) is 16.4. The average Bonchev–Trinajstić information content (AvgIpc) is 2.97. The second-order valence-corrected chi connectivity index (χ2v) is 9.18. The first kappa shape index (κ1) is 17.8. The average molecular weight is 354 g/mol. The van der Waals surface area contributed by atoms with E-state index in [2.05, 4.69) is 20.8 Å². The van der Waals surface area contributed by atoms with Crippen molar-refractivity contribution in [2.75, 3.05) is 13.7 Å². The summed E-state index contributed by atoms with van der Waals surface area (Å²) in [4.78, 5) is 12.9. The zero-order chi connectivity index (χ0) is 18.5. The van der Waals surface area contributed by atoms with E-state index in [0.29, 0.717) is 24.9 Å². The van der Waals surface area contributed by atoms with Gasteiger partial charge in [-0.15, -0.1) is 0 Å². The van der Waals surface area contributed by atoms with Gasteiger partial charge < -0.3 is 9.47 Å². The number of carbonyl (C=O) groups excluding carboxylic acids is 1. The Morgan fingerprint density at radius 2 is 1.88 bits per heavy atom. The molecule has 140 valence electrons. The molecule has 0 heterocycles. The Labute approximate surface area is 156 Å². The molecule has 0 spiro atoms. The molecule has 0 unspecified atom stereocenters. The Hall–Kier alpha value is -1.61. The van der Waals surface area contributed by atoms with Crippen LogP contribution in [0.1, 0.15) is 52.0 Å². The molecule has 0 saturated heterocycles. The normalized spacial score (nSPS) is 35.8. The lowest BCUT2D eigenvalue weighted by Gasteiger charge is -2.54. The van der Waals surface area contributed by atoms with Gasteiger partial charge in [0.25, 0.3) is 0 Å². The molecule has 4 rings (SSSR count). The van der Waals surface area contributed by atoms with Crippen LogP contribution in [0.5, 0.6) is 5.75 Å². The molecule has 3 aliphatic rings. The maximum absolute atomic E-state index is 12.9. The number of allylic oxidation sites excluding steroid dienone is 2. The van der Waals surface area contributed by atoms with Crippen molar-refractivity contribution >= 4 is 5.78 Å². The molecule has 3 aliphatic carbocycles. The summed E-state index contributed by atoms with van der Waals surface area (Å²) in [5, 5.41) is 0. The van der Waals surface area contributed by atoms with Gasteiger partial charge in [0.1, 0.15) is 5.75 Å². The van der Waals surface area contributed by atoms with Gasteiger partial charge in [0.2, 0.25) is 0 Å². The molecule has 3 nitrogen and oxygen atoms in total. The van der Waals surface area contributed by atoms with Gasteiger partial charge >= 0.3 is 0 Å². The SMILES string of the molecule is COc1ccc(COC[C@]2(C)CC3=C(C2)[C@@]2(C)CC[C@H]2[C@@H](C)C3=O)cc1. The summed E-state index contributed by atoms with van der Waals surface area (Å²) in [7, 11) is 1.68. The number of hydrogen-bond acceptors (Lipinski definition) is 3. The minimum absolute atomic E-state index is 0.0556. The molecule has 26 heavy (non-hydrogen) atoms. The molecule has 0 radical (unpaired) electrons. The first-order chi connectivity index (χ1) is 12.4. The van der Waals surface area contributed by atoms with Gasteiger partial charge in [0.15, 0.2) is 5.78 Å². The number of methoxy groups -OCH3 is 1. The second kappa shape index (κ2) is 6.23. The molecule has 1 aromatic carbocycles. The van der Waals surface area contributed by atoms with E-state index in [1.807, 2.05) is 24.3 Å². The van der Waals surface area contributed by atoms with Crippen LogP contribution in [-0.2, 0) is 16.1 Å². The van der Waals surface area contributed by atoms with Crippen LogP contribution in [-0.4, -0.2) is 19.5 Å². The van der Waals surface area contributed by atoms with Crippen molar-refractivity contribution in [1.29, 1.82) is 0 Å². The lowest BCUT2D eigenvalue weighted by molar-refractivity contribution is -0.126. The van der Waals surface area contributed by atoms with Gasteiger partial charge in [-0.3, -0.25) is 4.79 Å². The molecular formula is C23H30O3. The number of ketones is 1. The number of Topliss-reactive ketones (excluding diaryl/α,β-unsaturated/α-hetero) is 1. The van der Waals surface area contributed by atoms with Gasteiger partial charge in [-0.25, -0.2) is 0 Å². The van der Waals surface area contributed by atoms with Crippen molar-refractivity contribution in [3.8, 4) is 5.75 Å². The van der Waals surface area contributed by atoms with Gasteiger partial charge in [0.05, 0.1) is 20.3 Å². The van der Waals surface area contributed by atoms with Gasteiger partial charge in [-0.1, -0.05) is 38.5 Å². The maximum Gasteiger partial charge on any atom is 0.161 e. The largest absolute Gasteiger partial charge is 0.497 e. The number of rotatable bonds is 5. The first-order valence-electron chi connectivity index (χ1n) is 9.84. The summed E-state index contributed by atoms with van der Waals surface area (Å²) in [5.74, 6) is 2.05. The summed E-state index contributed by atoms with van der Waals surface area (Å²) < 4.78 is 11.3. The molecular weight excluding hydrogens is 324 g/mol. The zero-order valence-corrected chi connectivity index (χ0v) is 16.4. The van der Waals surface area contributed by atoms with E-state index in [-0.39, 0.29) is 16.7 Å². The van der Waals surface area contributed by atoms with Crippen molar-refractivity contribution in [3.63, 3.8) is 0 Å². The fraction of sp³-hybridized carbons (Fsp3) is 0.609. The van der Waals surface area contributed by atoms with E-state index >= 15 is 0 Å². The highest BCUT2D eigenvalue weighted by Crippen LogP contribution is 2.64. The molecule has 1 aromatic rings. The van der Waals surface area contributed by atoms with Crippen LogP contribution in [0.3, 0.4) is 0 Å². The molecule has 4 atom stereocenters. The smallest absolute Gasteiger partial charge is 0.161 e. The Balaban J connectivity index is 1.41. The predicted octanol–water partition coefficient (Wildman–Crippen LogP) is 4.94. The third-order valence-electron chi connectivity index (χ3n) is 7.25. The van der Waals surface area contributed by atoms with E-state index in [1.165, 1.54) is 18.4 Å². The summed E-state index contributed by atoms with van der Waals surface area (Å²) in [6.07, 6.45) is 4.37. The maximum atomic E-state index is 12.9. The molecule has 0 aliphatic heterocycles. The lowest BCUT2D eigenvalue weighted by Crippen LogP contribution is -2.48. The van der Waals surface area contributed by atoms with Crippen LogP contribution in [0.4, 0.5) is 0 Å². The predicted molar refractivity (Wildman–Crippen MR) is 102 cm³/mol. The molecule has 0 amide bonds. The highest BCUT2D eigenvalue weighted by atomic mass is 16.5. The molecule has 3 heteroatoms. The summed E-state index contributed by atoms with van der Waals surface area (Å²) in [5.41, 5.74) is 4.09. The summed E-state index contributed by atoms with van der Waals surface area (Å²) in [6, 6.07) is 8.02. The van der Waals surface area contributed by atoms with E-state index in [1.54, 1.807) is 7.11 Å². The fourth-order valence-electron chi connectivity index (χ4n) is 5.53. The Morgan fingerprint density at radius 3 is 2.50 bits per heavy atom. The van der Waals surface area contributed by atoms with E-state index in [0.717, 1.165) is 29.7 Å². The molecule has 0 aromatic heterocycles. The van der Waals surface area contributed by atoms with Crippen molar-refractivity contribution in [2.45, 2.75) is 53.1 Å². The van der Waals surface area contributed by atoms with Crippen LogP contribution >= 0.6 is 0 Å². The lowest BCUT2D eigenvalue weighted by atomic mass is 9.49. The molecule has 1 saturated carbocycles. The minimum atomic E-state index is 0.0556. The second-order valence-electron chi connectivity index (χ2n) is 9.18. The third kappa shape index (κ3) is 2.72. The highest BCUT2D eigenvalue weighted by Gasteiger charge is 2.57. The van der Waals surface area contributed by atoms with Gasteiger partial charge in [-0.2, -0.15) is 0 Å². The number of fused-ring (bicyclic) bond motifs is 2. The van der Waals surface area contributed by atoms with Crippen molar-refractivity contribution in [1.82, 2.24) is 0 Å². The molecule has 0 bridgehead atoms. The first-order valence-corrected chi connectivity index (χ1v) is 9.84. The van der Waals surface area contributed by atoms with E-state index in [9.17, 15) is 4.79 Å². The molecule has 1 fully saturated rings. The number of hydrogen-bond donors (Lipinski definition) is 0. The van der Waals surface area contributed by atoms with Gasteiger partial charge in [0, 0.05) is 5.92 Å². The topological polar surface area (TPSA) is 35.5 Å². The van der Waals surface area contributed by atoms with E-state index in [4.69, 9.17) is 9.47 Å². The van der Waals surface area contributed by atoms with Crippen LogP contribution in [0.2, 0.25) is 0 Å². The Kier molecular flexibility index (Phi) is 4.26. The third-order valence-corrected chi connectivity index (χ3v) is 7.25. The minimum Gasteiger partial charge on any atom is -0.497 e. The Bertz CT molecular complexity index is 747. The van der Waals surface area contributed by atoms with Crippen LogP contribution < -0.4 is 4.74 Å². The number of benzene rings is 1.